The first-order valence-corrected chi connectivity index (χ1v) is 10.1. The van der Waals surface area contributed by atoms with Gasteiger partial charge in [0.05, 0.1) is 11.1 Å². The van der Waals surface area contributed by atoms with Crippen molar-refractivity contribution in [3.8, 4) is 0 Å². The molecule has 4 rings (SSSR count). The minimum Gasteiger partial charge on any atom is -0.341 e. The molecule has 0 radical (unpaired) electrons. The predicted molar refractivity (Wildman–Crippen MR) is 105 cm³/mol. The molecule has 1 aromatic rings. The number of hydrogen-bond acceptors (Lipinski definition) is 5. The molecule has 1 spiro atoms. The van der Waals surface area contributed by atoms with Crippen molar-refractivity contribution >= 4 is 29.7 Å². The lowest BCUT2D eigenvalue weighted by atomic mass is 9.87. The minimum absolute atomic E-state index is 0.0827. The molecule has 9 nitrogen and oxygen atoms in total. The van der Waals surface area contributed by atoms with Crippen molar-refractivity contribution < 1.29 is 24.0 Å². The van der Waals surface area contributed by atoms with Crippen LogP contribution in [0.3, 0.4) is 0 Å². The van der Waals surface area contributed by atoms with Gasteiger partial charge >= 0.3 is 6.03 Å². The van der Waals surface area contributed by atoms with Crippen molar-refractivity contribution in [2.75, 3.05) is 13.1 Å². The van der Waals surface area contributed by atoms with Crippen LogP contribution >= 0.6 is 0 Å². The molecule has 9 heteroatoms. The van der Waals surface area contributed by atoms with Gasteiger partial charge in [-0.25, -0.2) is 4.79 Å². The molecule has 0 aliphatic carbocycles. The van der Waals surface area contributed by atoms with Gasteiger partial charge in [0.1, 0.15) is 11.6 Å². The zero-order chi connectivity index (χ0) is 21.6. The van der Waals surface area contributed by atoms with E-state index in [4.69, 9.17) is 0 Å². The third-order valence-electron chi connectivity index (χ3n) is 6.06. The number of fused-ring (bicyclic) bond motifs is 1. The van der Waals surface area contributed by atoms with Gasteiger partial charge in [-0.15, -0.1) is 0 Å². The van der Waals surface area contributed by atoms with Crippen molar-refractivity contribution in [1.82, 2.24) is 20.4 Å². The summed E-state index contributed by atoms with van der Waals surface area (Å²) in [7, 11) is 0. The van der Waals surface area contributed by atoms with Gasteiger partial charge < -0.3 is 10.2 Å². The monoisotopic (exact) mass is 412 g/mol. The highest BCUT2D eigenvalue weighted by atomic mass is 16.2. The summed E-state index contributed by atoms with van der Waals surface area (Å²) in [5, 5.41) is 4.91. The number of hydrogen-bond donors (Lipinski definition) is 2. The predicted octanol–water partition coefficient (Wildman–Crippen LogP) is 0.898. The van der Waals surface area contributed by atoms with E-state index >= 15 is 0 Å². The maximum Gasteiger partial charge on any atom is 0.322 e. The second kappa shape index (κ2) is 7.23. The number of nitrogens with zero attached hydrogens (tertiary/aromatic N) is 2. The van der Waals surface area contributed by atoms with Gasteiger partial charge in [0.2, 0.25) is 5.91 Å². The fraction of sp³-hybridized carbons (Fsp3) is 0.476. The molecule has 2 fully saturated rings. The van der Waals surface area contributed by atoms with E-state index in [1.165, 1.54) is 0 Å². The van der Waals surface area contributed by atoms with E-state index in [9.17, 15) is 24.0 Å². The Bertz CT molecular complexity index is 913. The van der Waals surface area contributed by atoms with Gasteiger partial charge in [0.15, 0.2) is 0 Å². The Labute approximate surface area is 173 Å². The highest BCUT2D eigenvalue weighted by molar-refractivity contribution is 6.22. The molecule has 6 amide bonds. The van der Waals surface area contributed by atoms with Gasteiger partial charge in [0, 0.05) is 13.1 Å². The van der Waals surface area contributed by atoms with Gasteiger partial charge in [-0.05, 0) is 37.3 Å². The highest BCUT2D eigenvalue weighted by Crippen LogP contribution is 2.30. The fourth-order valence-corrected chi connectivity index (χ4v) is 4.45. The average Bonchev–Trinajstić information content (AvgIpc) is 3.13. The minimum atomic E-state index is -0.989. The molecule has 3 aliphatic rings. The second-order valence-electron chi connectivity index (χ2n) is 8.49. The summed E-state index contributed by atoms with van der Waals surface area (Å²) < 4.78 is 0. The van der Waals surface area contributed by atoms with Crippen molar-refractivity contribution in [3.63, 3.8) is 0 Å². The van der Waals surface area contributed by atoms with Crippen LogP contribution in [0.5, 0.6) is 0 Å². The van der Waals surface area contributed by atoms with Crippen LogP contribution in [-0.4, -0.2) is 64.1 Å². The number of carbonyl (C=O) groups is 5. The zero-order valence-corrected chi connectivity index (χ0v) is 16.9. The van der Waals surface area contributed by atoms with Gasteiger partial charge in [-0.2, -0.15) is 0 Å². The molecule has 0 unspecified atom stereocenters. The summed E-state index contributed by atoms with van der Waals surface area (Å²) in [5.41, 5.74) is -0.365. The Morgan fingerprint density at radius 3 is 2.07 bits per heavy atom. The van der Waals surface area contributed by atoms with Crippen LogP contribution in [0, 0.1) is 5.92 Å². The molecule has 158 valence electrons. The number of urea groups is 1. The lowest BCUT2D eigenvalue weighted by molar-refractivity contribution is -0.139. The average molecular weight is 412 g/mol. The van der Waals surface area contributed by atoms with E-state index < -0.39 is 29.4 Å². The molecule has 2 N–H and O–H groups in total. The van der Waals surface area contributed by atoms with Gasteiger partial charge in [0.25, 0.3) is 17.7 Å². The molecular formula is C21H24N4O5. The summed E-state index contributed by atoms with van der Waals surface area (Å²) >= 11 is 0. The summed E-state index contributed by atoms with van der Waals surface area (Å²) in [5.74, 6) is -1.51. The van der Waals surface area contributed by atoms with Crippen molar-refractivity contribution in [2.24, 2.45) is 5.92 Å². The van der Waals surface area contributed by atoms with Crippen LogP contribution in [0.2, 0.25) is 0 Å². The second-order valence-corrected chi connectivity index (χ2v) is 8.49. The molecule has 0 aromatic heterocycles. The van der Waals surface area contributed by atoms with Crippen LogP contribution in [0.1, 0.15) is 53.8 Å². The topological polar surface area (TPSA) is 116 Å². The van der Waals surface area contributed by atoms with Gasteiger partial charge in [-0.3, -0.25) is 29.4 Å². The number of carbonyl (C=O) groups excluding carboxylic acids is 5. The van der Waals surface area contributed by atoms with Crippen molar-refractivity contribution in [1.29, 1.82) is 0 Å². The Balaban J connectivity index is 1.55. The first kappa shape index (κ1) is 20.1. The molecule has 3 aliphatic heterocycles. The zero-order valence-electron chi connectivity index (χ0n) is 16.9. The normalized spacial score (nSPS) is 21.2. The number of likely N-dealkylation sites (tertiary alicyclic amines) is 1. The number of piperidine rings is 1. The summed E-state index contributed by atoms with van der Waals surface area (Å²) in [4.78, 5) is 65.6. The third-order valence-corrected chi connectivity index (χ3v) is 6.06. The molecule has 0 saturated carbocycles. The molecule has 30 heavy (non-hydrogen) atoms. The number of benzene rings is 1. The Hall–Kier alpha value is -3.23. The molecule has 1 atom stereocenters. The highest BCUT2D eigenvalue weighted by Gasteiger charge is 2.50. The SMILES string of the molecule is CC(C)C[C@H](C(=O)N1CCC2(CC1)NC(=O)NC2=O)N1C(=O)c2ccccc2C1=O. The molecular weight excluding hydrogens is 388 g/mol. The maximum absolute atomic E-state index is 13.4. The Kier molecular flexibility index (Phi) is 4.83. The number of rotatable bonds is 4. The summed E-state index contributed by atoms with van der Waals surface area (Å²) in [6, 6.07) is 5.15. The molecule has 2 saturated heterocycles. The van der Waals surface area contributed by atoms with Crippen LogP contribution in [0.4, 0.5) is 4.79 Å². The lowest BCUT2D eigenvalue weighted by Crippen LogP contribution is -2.59. The van der Waals surface area contributed by atoms with E-state index in [2.05, 4.69) is 10.6 Å². The Morgan fingerprint density at radius 1 is 1.03 bits per heavy atom. The largest absolute Gasteiger partial charge is 0.341 e. The fourth-order valence-electron chi connectivity index (χ4n) is 4.45. The quantitative estimate of drug-likeness (QED) is 0.563. The molecule has 1 aromatic carbocycles. The number of nitrogens with one attached hydrogen (secondary N) is 2. The van der Waals surface area contributed by atoms with Crippen LogP contribution in [-0.2, 0) is 9.59 Å². The molecule has 3 heterocycles. The van der Waals surface area contributed by atoms with Crippen molar-refractivity contribution in [3.05, 3.63) is 35.4 Å². The first-order valence-electron chi connectivity index (χ1n) is 10.1. The van der Waals surface area contributed by atoms with E-state index in [1.807, 2.05) is 13.8 Å². The van der Waals surface area contributed by atoms with E-state index in [0.29, 0.717) is 17.5 Å². The van der Waals surface area contributed by atoms with Crippen LogP contribution in [0.15, 0.2) is 24.3 Å². The summed E-state index contributed by atoms with van der Waals surface area (Å²) in [6.07, 6.45) is 0.919. The van der Waals surface area contributed by atoms with Crippen LogP contribution in [0.25, 0.3) is 0 Å². The standard InChI is InChI=1S/C21H24N4O5/c1-12(2)11-15(25-16(26)13-5-3-4-6-14(13)17(25)27)18(28)24-9-7-21(8-10-24)19(29)22-20(30)23-21/h3-6,12,15H,7-11H2,1-2H3,(H2,22,23,29,30)/t15-/m1/s1. The molecule has 0 bridgehead atoms. The third kappa shape index (κ3) is 3.14. The lowest BCUT2D eigenvalue weighted by Gasteiger charge is -2.39. The van der Waals surface area contributed by atoms with Crippen LogP contribution < -0.4 is 10.6 Å². The van der Waals surface area contributed by atoms with E-state index in [1.54, 1.807) is 29.2 Å². The van der Waals surface area contributed by atoms with Gasteiger partial charge in [-0.1, -0.05) is 26.0 Å². The van der Waals surface area contributed by atoms with E-state index in [-0.39, 0.29) is 43.7 Å². The maximum atomic E-state index is 13.4. The summed E-state index contributed by atoms with van der Waals surface area (Å²) in [6.45, 7) is 4.37. The number of imide groups is 2. The first-order chi connectivity index (χ1) is 14.2. The Morgan fingerprint density at radius 2 is 1.60 bits per heavy atom. The number of amides is 6. The van der Waals surface area contributed by atoms with E-state index in [0.717, 1.165) is 4.90 Å². The smallest absolute Gasteiger partial charge is 0.322 e. The van der Waals surface area contributed by atoms with Crippen molar-refractivity contribution in [2.45, 2.75) is 44.7 Å².